The average molecular weight is 400 g/mol. The Labute approximate surface area is 168 Å². The van der Waals surface area contributed by atoms with Crippen molar-refractivity contribution in [1.82, 2.24) is 15.3 Å². The van der Waals surface area contributed by atoms with Crippen molar-refractivity contribution in [2.45, 2.75) is 26.4 Å². The van der Waals surface area contributed by atoms with Gasteiger partial charge in [0, 0.05) is 10.9 Å². The minimum absolute atomic E-state index is 0.196. The molecule has 0 saturated heterocycles. The molecular weight excluding hydrogens is 378 g/mol. The number of aromatic nitrogens is 2. The van der Waals surface area contributed by atoms with Crippen LogP contribution in [0.25, 0.3) is 22.2 Å². The van der Waals surface area contributed by atoms with Crippen molar-refractivity contribution in [2.75, 3.05) is 13.2 Å². The van der Waals surface area contributed by atoms with Gasteiger partial charge in [-0.3, -0.25) is 0 Å². The lowest BCUT2D eigenvalue weighted by molar-refractivity contribution is 0.0520. The van der Waals surface area contributed by atoms with Gasteiger partial charge in [0.25, 0.3) is 0 Å². The van der Waals surface area contributed by atoms with Gasteiger partial charge >= 0.3 is 6.09 Å². The van der Waals surface area contributed by atoms with Gasteiger partial charge in [-0.05, 0) is 50.6 Å². The number of para-hydroxylation sites is 1. The summed E-state index contributed by atoms with van der Waals surface area (Å²) in [5.41, 5.74) is 1.87. The molecule has 1 heterocycles. The van der Waals surface area contributed by atoms with Crippen LogP contribution >= 0.6 is 11.6 Å². The second-order valence-electron chi connectivity index (χ2n) is 7.16. The minimum atomic E-state index is -0.527. The summed E-state index contributed by atoms with van der Waals surface area (Å²) in [5, 5.41) is 3.77. The van der Waals surface area contributed by atoms with Crippen molar-refractivity contribution in [3.63, 3.8) is 0 Å². The van der Waals surface area contributed by atoms with Crippen molar-refractivity contribution >= 4 is 28.6 Å². The van der Waals surface area contributed by atoms with E-state index in [9.17, 15) is 4.79 Å². The third-order valence-corrected chi connectivity index (χ3v) is 3.89. The number of halogens is 1. The van der Waals surface area contributed by atoms with E-state index in [4.69, 9.17) is 21.1 Å². The molecule has 0 aliphatic rings. The Morgan fingerprint density at radius 3 is 2.68 bits per heavy atom. The Balaban J connectivity index is 1.68. The van der Waals surface area contributed by atoms with Crippen LogP contribution in [0, 0.1) is 0 Å². The van der Waals surface area contributed by atoms with Gasteiger partial charge in [0.05, 0.1) is 17.8 Å². The number of ether oxygens (including phenoxy) is 2. The molecular formula is C21H22ClN3O3. The van der Waals surface area contributed by atoms with Gasteiger partial charge < -0.3 is 14.8 Å². The van der Waals surface area contributed by atoms with Crippen molar-refractivity contribution in [3.8, 4) is 17.0 Å². The highest BCUT2D eigenvalue weighted by molar-refractivity contribution is 6.28. The first-order valence-corrected chi connectivity index (χ1v) is 9.32. The minimum Gasteiger partial charge on any atom is -0.492 e. The molecule has 2 aromatic carbocycles. The quantitative estimate of drug-likeness (QED) is 0.490. The van der Waals surface area contributed by atoms with Gasteiger partial charge in [0.2, 0.25) is 5.28 Å². The molecule has 3 aromatic rings. The molecule has 0 bridgehead atoms. The predicted octanol–water partition coefficient (Wildman–Crippen LogP) is 4.85. The zero-order valence-electron chi connectivity index (χ0n) is 16.0. The molecule has 0 aliphatic heterocycles. The SMILES string of the molecule is CC(C)(C)OC(=O)NCCOc1cccc(-c2nc(Cl)nc3ccccc23)c1. The van der Waals surface area contributed by atoms with E-state index < -0.39 is 11.7 Å². The fourth-order valence-electron chi connectivity index (χ4n) is 2.64. The van der Waals surface area contributed by atoms with Crippen molar-refractivity contribution in [2.24, 2.45) is 0 Å². The Morgan fingerprint density at radius 2 is 1.89 bits per heavy atom. The summed E-state index contributed by atoms with van der Waals surface area (Å²) in [6.07, 6.45) is -0.466. The standard InChI is InChI=1S/C21H22ClN3O3/c1-21(2,3)28-20(26)23-11-12-27-15-8-6-7-14(13-15)18-16-9-4-5-10-17(16)24-19(22)25-18/h4-10,13H,11-12H2,1-3H3,(H,23,26). The van der Waals surface area contributed by atoms with Gasteiger partial charge in [-0.2, -0.15) is 0 Å². The van der Waals surface area contributed by atoms with Crippen molar-refractivity contribution < 1.29 is 14.3 Å². The fourth-order valence-corrected chi connectivity index (χ4v) is 2.81. The molecule has 1 N–H and O–H groups in total. The number of nitrogens with one attached hydrogen (secondary N) is 1. The molecule has 1 amide bonds. The number of carbonyl (C=O) groups is 1. The fraction of sp³-hybridized carbons (Fsp3) is 0.286. The molecule has 0 unspecified atom stereocenters. The molecule has 0 saturated carbocycles. The van der Waals surface area contributed by atoms with Crippen molar-refractivity contribution in [3.05, 3.63) is 53.8 Å². The first-order chi connectivity index (χ1) is 13.3. The van der Waals surface area contributed by atoms with Gasteiger partial charge in [-0.15, -0.1) is 0 Å². The van der Waals surface area contributed by atoms with E-state index in [-0.39, 0.29) is 5.28 Å². The topological polar surface area (TPSA) is 73.3 Å². The number of carbonyl (C=O) groups excluding carboxylic acids is 1. The van der Waals surface area contributed by atoms with Gasteiger partial charge in [0.1, 0.15) is 18.0 Å². The maximum Gasteiger partial charge on any atom is 0.407 e. The van der Waals surface area contributed by atoms with Crippen LogP contribution in [-0.4, -0.2) is 34.8 Å². The molecule has 1 aromatic heterocycles. The van der Waals surface area contributed by atoms with Gasteiger partial charge in [-0.1, -0.05) is 30.3 Å². The summed E-state index contributed by atoms with van der Waals surface area (Å²) < 4.78 is 10.9. The highest BCUT2D eigenvalue weighted by atomic mass is 35.5. The molecule has 0 radical (unpaired) electrons. The van der Waals surface area contributed by atoms with E-state index >= 15 is 0 Å². The zero-order valence-corrected chi connectivity index (χ0v) is 16.8. The molecule has 0 aliphatic carbocycles. The average Bonchev–Trinajstić information content (AvgIpc) is 2.63. The number of rotatable bonds is 5. The smallest absolute Gasteiger partial charge is 0.407 e. The lowest BCUT2D eigenvalue weighted by atomic mass is 10.1. The maximum absolute atomic E-state index is 11.6. The number of benzene rings is 2. The first-order valence-electron chi connectivity index (χ1n) is 8.94. The maximum atomic E-state index is 11.6. The van der Waals surface area contributed by atoms with E-state index in [1.54, 1.807) is 0 Å². The second kappa shape index (κ2) is 8.44. The predicted molar refractivity (Wildman–Crippen MR) is 110 cm³/mol. The highest BCUT2D eigenvalue weighted by Crippen LogP contribution is 2.29. The largest absolute Gasteiger partial charge is 0.492 e. The lowest BCUT2D eigenvalue weighted by Crippen LogP contribution is -2.34. The third kappa shape index (κ3) is 5.33. The summed E-state index contributed by atoms with van der Waals surface area (Å²) in [5.74, 6) is 0.669. The summed E-state index contributed by atoms with van der Waals surface area (Å²) in [4.78, 5) is 20.3. The van der Waals surface area contributed by atoms with Crippen LogP contribution < -0.4 is 10.1 Å². The monoisotopic (exact) mass is 399 g/mol. The molecule has 0 atom stereocenters. The highest BCUT2D eigenvalue weighted by Gasteiger charge is 2.15. The first kappa shape index (κ1) is 19.9. The Bertz CT molecular complexity index is 986. The molecule has 6 nitrogen and oxygen atoms in total. The Hall–Kier alpha value is -2.86. The molecule has 0 fully saturated rings. The molecule has 0 spiro atoms. The zero-order chi connectivity index (χ0) is 20.1. The summed E-state index contributed by atoms with van der Waals surface area (Å²) >= 11 is 6.09. The Morgan fingerprint density at radius 1 is 1.11 bits per heavy atom. The lowest BCUT2D eigenvalue weighted by Gasteiger charge is -2.19. The number of nitrogens with zero attached hydrogens (tertiary/aromatic N) is 2. The molecule has 3 rings (SSSR count). The third-order valence-electron chi connectivity index (χ3n) is 3.72. The summed E-state index contributed by atoms with van der Waals surface area (Å²) in [7, 11) is 0. The molecule has 146 valence electrons. The van der Waals surface area contributed by atoms with E-state index in [1.165, 1.54) is 0 Å². The van der Waals surface area contributed by atoms with Crippen LogP contribution in [0.1, 0.15) is 20.8 Å². The summed E-state index contributed by atoms with van der Waals surface area (Å²) in [6, 6.07) is 15.3. The van der Waals surface area contributed by atoms with E-state index in [1.807, 2.05) is 69.3 Å². The summed E-state index contributed by atoms with van der Waals surface area (Å²) in [6.45, 7) is 6.10. The number of amides is 1. The van der Waals surface area contributed by atoms with Crippen molar-refractivity contribution in [1.29, 1.82) is 0 Å². The van der Waals surface area contributed by atoms with E-state index in [0.717, 1.165) is 22.2 Å². The number of hydrogen-bond donors (Lipinski definition) is 1. The van der Waals surface area contributed by atoms with Gasteiger partial charge in [0.15, 0.2) is 0 Å². The number of hydrogen-bond acceptors (Lipinski definition) is 5. The molecule has 7 heteroatoms. The van der Waals surface area contributed by atoms with Crippen LogP contribution in [0.5, 0.6) is 5.75 Å². The second-order valence-corrected chi connectivity index (χ2v) is 7.50. The van der Waals surface area contributed by atoms with Crippen LogP contribution in [0.2, 0.25) is 5.28 Å². The molecule has 28 heavy (non-hydrogen) atoms. The van der Waals surface area contributed by atoms with Crippen LogP contribution in [-0.2, 0) is 4.74 Å². The van der Waals surface area contributed by atoms with Crippen LogP contribution in [0.3, 0.4) is 0 Å². The number of fused-ring (bicyclic) bond motifs is 1. The van der Waals surface area contributed by atoms with Gasteiger partial charge in [-0.25, -0.2) is 14.8 Å². The number of alkyl carbamates (subject to hydrolysis) is 1. The Kier molecular flexibility index (Phi) is 5.99. The van der Waals surface area contributed by atoms with Crippen LogP contribution in [0.4, 0.5) is 4.79 Å². The van der Waals surface area contributed by atoms with E-state index in [2.05, 4.69) is 15.3 Å². The normalized spacial score (nSPS) is 11.3. The van der Waals surface area contributed by atoms with Crippen LogP contribution in [0.15, 0.2) is 48.5 Å². The van der Waals surface area contributed by atoms with E-state index in [0.29, 0.717) is 18.9 Å².